The smallest absolute Gasteiger partial charge is 0.236 e. The normalized spacial score (nSPS) is 14.0. The summed E-state index contributed by atoms with van der Waals surface area (Å²) in [5, 5.41) is 15.4. The quantitative estimate of drug-likeness (QED) is 0.749. The van der Waals surface area contributed by atoms with Gasteiger partial charge in [0, 0.05) is 18.2 Å². The minimum atomic E-state index is -0.415. The SMILES string of the molecule is CCNC(=O)C(C)NC(C)c1cc(F)ccc1O. The molecular weight excluding hydrogens is 235 g/mol. The number of halogens is 1. The lowest BCUT2D eigenvalue weighted by molar-refractivity contribution is -0.122. The van der Waals surface area contributed by atoms with Gasteiger partial charge in [-0.25, -0.2) is 4.39 Å². The molecular formula is C13H19FN2O2. The third kappa shape index (κ3) is 3.70. The molecule has 0 aliphatic heterocycles. The van der Waals surface area contributed by atoms with Crippen molar-refractivity contribution < 1.29 is 14.3 Å². The van der Waals surface area contributed by atoms with Crippen LogP contribution in [0.25, 0.3) is 0 Å². The molecule has 1 amide bonds. The summed E-state index contributed by atoms with van der Waals surface area (Å²) in [4.78, 5) is 11.6. The summed E-state index contributed by atoms with van der Waals surface area (Å²) in [5.41, 5.74) is 0.436. The summed E-state index contributed by atoms with van der Waals surface area (Å²) in [6.07, 6.45) is 0. The van der Waals surface area contributed by atoms with Crippen molar-refractivity contribution in [2.75, 3.05) is 6.54 Å². The van der Waals surface area contributed by atoms with Crippen LogP contribution in [0.5, 0.6) is 5.75 Å². The van der Waals surface area contributed by atoms with Crippen LogP contribution < -0.4 is 10.6 Å². The Hall–Kier alpha value is -1.62. The van der Waals surface area contributed by atoms with Crippen molar-refractivity contribution in [1.82, 2.24) is 10.6 Å². The zero-order valence-corrected chi connectivity index (χ0v) is 10.8. The van der Waals surface area contributed by atoms with Crippen molar-refractivity contribution in [3.05, 3.63) is 29.6 Å². The first kappa shape index (κ1) is 14.4. The fourth-order valence-corrected chi connectivity index (χ4v) is 1.74. The van der Waals surface area contributed by atoms with Crippen molar-refractivity contribution in [2.45, 2.75) is 32.9 Å². The molecule has 2 atom stereocenters. The van der Waals surface area contributed by atoms with Gasteiger partial charge in [0.1, 0.15) is 11.6 Å². The van der Waals surface area contributed by atoms with Gasteiger partial charge in [-0.3, -0.25) is 10.1 Å². The van der Waals surface area contributed by atoms with Crippen LogP contribution in [0.1, 0.15) is 32.4 Å². The van der Waals surface area contributed by atoms with Crippen LogP contribution in [0.2, 0.25) is 0 Å². The van der Waals surface area contributed by atoms with Crippen molar-refractivity contribution in [3.8, 4) is 5.75 Å². The van der Waals surface area contributed by atoms with E-state index in [4.69, 9.17) is 0 Å². The minimum absolute atomic E-state index is 0.0134. The van der Waals surface area contributed by atoms with E-state index in [1.807, 2.05) is 6.92 Å². The Balaban J connectivity index is 2.73. The van der Waals surface area contributed by atoms with Crippen LogP contribution in [0.3, 0.4) is 0 Å². The average Bonchev–Trinajstić information content (AvgIpc) is 2.32. The van der Waals surface area contributed by atoms with E-state index in [9.17, 15) is 14.3 Å². The number of nitrogens with one attached hydrogen (secondary N) is 2. The molecule has 5 heteroatoms. The molecule has 3 N–H and O–H groups in total. The molecule has 1 rings (SSSR count). The number of carbonyl (C=O) groups is 1. The van der Waals surface area contributed by atoms with E-state index >= 15 is 0 Å². The average molecular weight is 254 g/mol. The highest BCUT2D eigenvalue weighted by molar-refractivity contribution is 5.81. The number of phenolic OH excluding ortho intramolecular Hbond substituents is 1. The highest BCUT2D eigenvalue weighted by atomic mass is 19.1. The highest BCUT2D eigenvalue weighted by Gasteiger charge is 2.17. The van der Waals surface area contributed by atoms with Gasteiger partial charge in [0.2, 0.25) is 5.91 Å². The summed E-state index contributed by atoms with van der Waals surface area (Å²) >= 11 is 0. The van der Waals surface area contributed by atoms with Gasteiger partial charge in [0.25, 0.3) is 0 Å². The van der Waals surface area contributed by atoms with Gasteiger partial charge in [-0.05, 0) is 39.0 Å². The molecule has 0 saturated heterocycles. The van der Waals surface area contributed by atoms with Gasteiger partial charge < -0.3 is 10.4 Å². The molecule has 1 aromatic carbocycles. The van der Waals surface area contributed by atoms with Gasteiger partial charge in [0.05, 0.1) is 6.04 Å². The van der Waals surface area contributed by atoms with Crippen LogP contribution in [-0.2, 0) is 4.79 Å². The molecule has 0 aromatic heterocycles. The largest absolute Gasteiger partial charge is 0.508 e. The van der Waals surface area contributed by atoms with Crippen molar-refractivity contribution in [3.63, 3.8) is 0 Å². The second-order valence-electron chi connectivity index (χ2n) is 4.21. The summed E-state index contributed by atoms with van der Waals surface area (Å²) in [7, 11) is 0. The molecule has 1 aromatic rings. The van der Waals surface area contributed by atoms with E-state index in [1.165, 1.54) is 18.2 Å². The standard InChI is InChI=1S/C13H19FN2O2/c1-4-15-13(18)9(3)16-8(2)11-7-10(14)5-6-12(11)17/h5-9,16-17H,4H2,1-3H3,(H,15,18). The van der Waals surface area contributed by atoms with Gasteiger partial charge in [0.15, 0.2) is 0 Å². The maximum atomic E-state index is 13.1. The predicted molar refractivity (Wildman–Crippen MR) is 67.8 cm³/mol. The lowest BCUT2D eigenvalue weighted by Gasteiger charge is -2.20. The zero-order chi connectivity index (χ0) is 13.7. The maximum absolute atomic E-state index is 13.1. The van der Waals surface area contributed by atoms with Crippen LogP contribution in [-0.4, -0.2) is 23.6 Å². The van der Waals surface area contributed by atoms with E-state index in [-0.39, 0.29) is 17.7 Å². The summed E-state index contributed by atoms with van der Waals surface area (Å²) in [6.45, 7) is 5.89. The molecule has 18 heavy (non-hydrogen) atoms. The van der Waals surface area contributed by atoms with Crippen LogP contribution in [0.15, 0.2) is 18.2 Å². The first-order chi connectivity index (χ1) is 8.45. The highest BCUT2D eigenvalue weighted by Crippen LogP contribution is 2.24. The Kier molecular flexibility index (Phi) is 5.09. The summed E-state index contributed by atoms with van der Waals surface area (Å²) in [5.74, 6) is -0.526. The van der Waals surface area contributed by atoms with E-state index in [0.29, 0.717) is 12.1 Å². The van der Waals surface area contributed by atoms with E-state index in [1.54, 1.807) is 13.8 Å². The van der Waals surface area contributed by atoms with Crippen molar-refractivity contribution in [1.29, 1.82) is 0 Å². The van der Waals surface area contributed by atoms with Gasteiger partial charge in [-0.15, -0.1) is 0 Å². The number of carbonyl (C=O) groups excluding carboxylic acids is 1. The second kappa shape index (κ2) is 6.35. The Labute approximate surface area is 106 Å². The van der Waals surface area contributed by atoms with Crippen molar-refractivity contribution in [2.24, 2.45) is 0 Å². The zero-order valence-electron chi connectivity index (χ0n) is 10.8. The lowest BCUT2D eigenvalue weighted by atomic mass is 10.1. The number of likely N-dealkylation sites (N-methyl/N-ethyl adjacent to an activating group) is 1. The fourth-order valence-electron chi connectivity index (χ4n) is 1.74. The van der Waals surface area contributed by atoms with Crippen molar-refractivity contribution >= 4 is 5.91 Å². The van der Waals surface area contributed by atoms with Crippen LogP contribution in [0.4, 0.5) is 4.39 Å². The second-order valence-corrected chi connectivity index (χ2v) is 4.21. The van der Waals surface area contributed by atoms with Gasteiger partial charge in [-0.2, -0.15) is 0 Å². The first-order valence-corrected chi connectivity index (χ1v) is 5.97. The van der Waals surface area contributed by atoms with E-state index < -0.39 is 11.9 Å². The molecule has 100 valence electrons. The molecule has 0 heterocycles. The Morgan fingerprint density at radius 1 is 1.44 bits per heavy atom. The third-order valence-electron chi connectivity index (χ3n) is 2.70. The number of phenols is 1. The molecule has 0 aliphatic carbocycles. The van der Waals surface area contributed by atoms with Gasteiger partial charge in [-0.1, -0.05) is 0 Å². The fraction of sp³-hybridized carbons (Fsp3) is 0.462. The van der Waals surface area contributed by atoms with E-state index in [0.717, 1.165) is 0 Å². The number of benzene rings is 1. The molecule has 0 spiro atoms. The molecule has 4 nitrogen and oxygen atoms in total. The number of rotatable bonds is 5. The summed E-state index contributed by atoms with van der Waals surface area (Å²) in [6, 6.07) is 3.02. The number of hydrogen-bond acceptors (Lipinski definition) is 3. The third-order valence-corrected chi connectivity index (χ3v) is 2.70. The predicted octanol–water partition coefficient (Wildman–Crippen LogP) is 1.71. The summed E-state index contributed by atoms with van der Waals surface area (Å²) < 4.78 is 13.1. The lowest BCUT2D eigenvalue weighted by Crippen LogP contribution is -2.43. The Bertz CT molecular complexity index is 423. The molecule has 0 radical (unpaired) electrons. The number of aromatic hydroxyl groups is 1. The van der Waals surface area contributed by atoms with Gasteiger partial charge >= 0.3 is 0 Å². The number of amides is 1. The maximum Gasteiger partial charge on any atom is 0.236 e. The van der Waals surface area contributed by atoms with Crippen LogP contribution in [0, 0.1) is 5.82 Å². The molecule has 0 fully saturated rings. The molecule has 0 saturated carbocycles. The Morgan fingerprint density at radius 3 is 2.72 bits per heavy atom. The molecule has 2 unspecified atom stereocenters. The molecule has 0 aliphatic rings. The van der Waals surface area contributed by atoms with E-state index in [2.05, 4.69) is 10.6 Å². The Morgan fingerprint density at radius 2 is 2.11 bits per heavy atom. The molecule has 0 bridgehead atoms. The number of hydrogen-bond donors (Lipinski definition) is 3. The van der Waals surface area contributed by atoms with Crippen LogP contribution >= 0.6 is 0 Å². The minimum Gasteiger partial charge on any atom is -0.508 e. The monoisotopic (exact) mass is 254 g/mol. The first-order valence-electron chi connectivity index (χ1n) is 5.97. The topological polar surface area (TPSA) is 61.4 Å².